The molecule has 0 atom stereocenters. The van der Waals surface area contributed by atoms with Gasteiger partial charge in [0, 0.05) is 25.2 Å². The normalized spacial score (nSPS) is 17.9. The van der Waals surface area contributed by atoms with Crippen molar-refractivity contribution in [2.24, 2.45) is 0 Å². The van der Waals surface area contributed by atoms with Crippen LogP contribution in [0.5, 0.6) is 5.75 Å². The van der Waals surface area contributed by atoms with Gasteiger partial charge in [0.2, 0.25) is 0 Å². The lowest BCUT2D eigenvalue weighted by Gasteiger charge is -2.25. The zero-order valence-electron chi connectivity index (χ0n) is 11.4. The van der Waals surface area contributed by atoms with Crippen LogP contribution in [-0.2, 0) is 14.6 Å². The number of hydrogen-bond acceptors (Lipinski definition) is 7. The maximum Gasteiger partial charge on any atom is 0.325 e. The van der Waals surface area contributed by atoms with Gasteiger partial charge in [-0.25, -0.2) is 8.42 Å². The van der Waals surface area contributed by atoms with E-state index >= 15 is 0 Å². The number of nitro groups is 1. The van der Waals surface area contributed by atoms with Crippen LogP contribution in [0.1, 0.15) is 0 Å². The molecule has 0 bridgehead atoms. The summed E-state index contributed by atoms with van der Waals surface area (Å²) in [5, 5.41) is 10.5. The maximum atomic E-state index is 11.8. The lowest BCUT2D eigenvalue weighted by molar-refractivity contribution is -0.384. The molecule has 0 radical (unpaired) electrons. The van der Waals surface area contributed by atoms with Crippen molar-refractivity contribution < 1.29 is 22.9 Å². The quantitative estimate of drug-likeness (QED) is 0.344. The molecule has 120 valence electrons. The molecule has 0 unspecified atom stereocenters. The van der Waals surface area contributed by atoms with E-state index in [0.717, 1.165) is 6.07 Å². The third-order valence-corrected chi connectivity index (χ3v) is 5.05. The Morgan fingerprint density at radius 1 is 1.36 bits per heavy atom. The highest BCUT2D eigenvalue weighted by Crippen LogP contribution is 2.28. The molecule has 1 aromatic carbocycles. The molecule has 1 saturated heterocycles. The van der Waals surface area contributed by atoms with Crippen LogP contribution in [0.25, 0.3) is 0 Å². The number of benzene rings is 1. The number of nitro benzene ring substituents is 1. The van der Waals surface area contributed by atoms with E-state index in [4.69, 9.17) is 16.3 Å². The number of carbonyl (C=O) groups excluding carboxylic acids is 1. The lowest BCUT2D eigenvalue weighted by Crippen LogP contribution is -2.43. The van der Waals surface area contributed by atoms with Crippen molar-refractivity contribution in [1.82, 2.24) is 4.90 Å². The largest absolute Gasteiger partial charge is 0.426 e. The van der Waals surface area contributed by atoms with Crippen LogP contribution >= 0.6 is 11.6 Å². The minimum Gasteiger partial charge on any atom is -0.426 e. The molecule has 8 nitrogen and oxygen atoms in total. The summed E-state index contributed by atoms with van der Waals surface area (Å²) in [5.74, 6) is -0.442. The number of ether oxygens (including phenoxy) is 1. The van der Waals surface area contributed by atoms with Crippen LogP contribution in [0.4, 0.5) is 5.69 Å². The van der Waals surface area contributed by atoms with Gasteiger partial charge in [-0.1, -0.05) is 11.6 Å². The number of esters is 1. The lowest BCUT2D eigenvalue weighted by atomic mass is 10.3. The van der Waals surface area contributed by atoms with Crippen molar-refractivity contribution in [2.45, 2.75) is 0 Å². The second-order valence-corrected chi connectivity index (χ2v) is 7.48. The SMILES string of the molecule is O=C(CN1CCS(=O)(=O)CC1)Oc1ccc([N+](=O)[O-])c(Cl)c1. The Morgan fingerprint density at radius 2 is 2.00 bits per heavy atom. The van der Waals surface area contributed by atoms with Gasteiger partial charge in [-0.15, -0.1) is 0 Å². The second kappa shape index (κ2) is 6.59. The summed E-state index contributed by atoms with van der Waals surface area (Å²) >= 11 is 5.72. The van der Waals surface area contributed by atoms with Crippen LogP contribution in [0, 0.1) is 10.1 Å². The summed E-state index contributed by atoms with van der Waals surface area (Å²) in [7, 11) is -3.00. The molecular weight excluding hydrogens is 336 g/mol. The standard InChI is InChI=1S/C12H13ClN2O6S/c13-10-7-9(1-2-11(10)15(17)18)21-12(16)8-14-3-5-22(19,20)6-4-14/h1-2,7H,3-6,8H2. The number of hydrogen-bond donors (Lipinski definition) is 0. The summed E-state index contributed by atoms with van der Waals surface area (Å²) < 4.78 is 27.6. The van der Waals surface area contributed by atoms with Crippen LogP contribution in [0.3, 0.4) is 0 Å². The fraction of sp³-hybridized carbons (Fsp3) is 0.417. The first kappa shape index (κ1) is 16.7. The van der Waals surface area contributed by atoms with E-state index in [0.29, 0.717) is 0 Å². The topological polar surface area (TPSA) is 107 Å². The molecular formula is C12H13ClN2O6S. The fourth-order valence-corrected chi connectivity index (χ4v) is 3.47. The minimum atomic E-state index is -3.00. The zero-order chi connectivity index (χ0) is 16.3. The number of nitrogens with zero attached hydrogens (tertiary/aromatic N) is 2. The van der Waals surface area contributed by atoms with E-state index in [-0.39, 0.29) is 47.6 Å². The van der Waals surface area contributed by atoms with E-state index in [1.54, 1.807) is 4.90 Å². The smallest absolute Gasteiger partial charge is 0.325 e. The molecule has 0 N–H and O–H groups in total. The molecule has 1 aromatic rings. The van der Waals surface area contributed by atoms with Gasteiger partial charge in [-0.3, -0.25) is 19.8 Å². The Bertz CT molecular complexity index is 692. The van der Waals surface area contributed by atoms with Crippen molar-refractivity contribution in [2.75, 3.05) is 31.1 Å². The van der Waals surface area contributed by atoms with E-state index in [9.17, 15) is 23.3 Å². The summed E-state index contributed by atoms with van der Waals surface area (Å²) in [6.45, 7) is 0.501. The van der Waals surface area contributed by atoms with Gasteiger partial charge >= 0.3 is 5.97 Å². The maximum absolute atomic E-state index is 11.8. The van der Waals surface area contributed by atoms with E-state index in [2.05, 4.69) is 0 Å². The van der Waals surface area contributed by atoms with Gasteiger partial charge in [0.15, 0.2) is 9.84 Å². The van der Waals surface area contributed by atoms with Gasteiger partial charge in [0.1, 0.15) is 10.8 Å². The molecule has 22 heavy (non-hydrogen) atoms. The van der Waals surface area contributed by atoms with Crippen LogP contribution in [0.2, 0.25) is 5.02 Å². The fourth-order valence-electron chi connectivity index (χ4n) is 1.95. The molecule has 1 aliphatic rings. The monoisotopic (exact) mass is 348 g/mol. The van der Waals surface area contributed by atoms with E-state index in [1.807, 2.05) is 0 Å². The summed E-state index contributed by atoms with van der Waals surface area (Å²) in [6.07, 6.45) is 0. The first-order valence-electron chi connectivity index (χ1n) is 6.34. The van der Waals surface area contributed by atoms with Crippen molar-refractivity contribution in [3.8, 4) is 5.75 Å². The van der Waals surface area contributed by atoms with Gasteiger partial charge in [0.05, 0.1) is 23.0 Å². The van der Waals surface area contributed by atoms with Crippen molar-refractivity contribution in [3.63, 3.8) is 0 Å². The first-order valence-corrected chi connectivity index (χ1v) is 8.54. The minimum absolute atomic E-state index is 0.0175. The van der Waals surface area contributed by atoms with Gasteiger partial charge < -0.3 is 4.74 Å². The number of rotatable bonds is 4. The summed E-state index contributed by atoms with van der Waals surface area (Å²) in [4.78, 5) is 23.5. The highest BCUT2D eigenvalue weighted by molar-refractivity contribution is 7.91. The highest BCUT2D eigenvalue weighted by atomic mass is 35.5. The molecule has 0 saturated carbocycles. The molecule has 1 aliphatic heterocycles. The molecule has 2 rings (SSSR count). The van der Waals surface area contributed by atoms with Crippen LogP contribution in [0.15, 0.2) is 18.2 Å². The van der Waals surface area contributed by atoms with Crippen molar-refractivity contribution >= 4 is 33.1 Å². The third-order valence-electron chi connectivity index (χ3n) is 3.14. The molecule has 0 aromatic heterocycles. The zero-order valence-corrected chi connectivity index (χ0v) is 13.0. The molecule has 0 amide bonds. The van der Waals surface area contributed by atoms with Gasteiger partial charge in [-0.05, 0) is 6.07 Å². The molecule has 1 fully saturated rings. The summed E-state index contributed by atoms with van der Waals surface area (Å²) in [5.41, 5.74) is -0.275. The van der Waals surface area contributed by atoms with Gasteiger partial charge in [-0.2, -0.15) is 0 Å². The molecule has 10 heteroatoms. The highest BCUT2D eigenvalue weighted by Gasteiger charge is 2.23. The predicted octanol–water partition coefficient (Wildman–Crippen LogP) is 0.884. The number of halogens is 1. The second-order valence-electron chi connectivity index (χ2n) is 4.77. The average Bonchev–Trinajstić information content (AvgIpc) is 2.41. The predicted molar refractivity (Wildman–Crippen MR) is 78.8 cm³/mol. The van der Waals surface area contributed by atoms with Crippen LogP contribution in [-0.4, -0.2) is 55.4 Å². The van der Waals surface area contributed by atoms with Crippen molar-refractivity contribution in [3.05, 3.63) is 33.3 Å². The Morgan fingerprint density at radius 3 is 2.55 bits per heavy atom. The Balaban J connectivity index is 1.92. The Labute approximate surface area is 131 Å². The van der Waals surface area contributed by atoms with Crippen molar-refractivity contribution in [1.29, 1.82) is 0 Å². The number of carbonyl (C=O) groups is 1. The summed E-state index contributed by atoms with van der Waals surface area (Å²) in [6, 6.07) is 3.62. The molecule has 0 spiro atoms. The third kappa shape index (κ3) is 4.39. The van der Waals surface area contributed by atoms with Gasteiger partial charge in [0.25, 0.3) is 5.69 Å². The van der Waals surface area contributed by atoms with Crippen LogP contribution < -0.4 is 4.74 Å². The molecule has 0 aliphatic carbocycles. The Hall–Kier alpha value is -1.71. The Kier molecular flexibility index (Phi) is 4.99. The van der Waals surface area contributed by atoms with E-state index in [1.165, 1.54) is 12.1 Å². The molecule has 1 heterocycles. The number of sulfone groups is 1. The first-order chi connectivity index (χ1) is 10.3. The average molecular weight is 349 g/mol. The van der Waals surface area contributed by atoms with E-state index < -0.39 is 20.7 Å².